The lowest BCUT2D eigenvalue weighted by Crippen LogP contribution is -2.33. The molecule has 3 heterocycles. The van der Waals surface area contributed by atoms with Crippen LogP contribution in [0.25, 0.3) is 0 Å². The van der Waals surface area contributed by atoms with Crippen molar-refractivity contribution in [3.63, 3.8) is 0 Å². The second-order valence-corrected chi connectivity index (χ2v) is 9.32. The second-order valence-electron chi connectivity index (χ2n) is 7.27. The Kier molecular flexibility index (Phi) is 4.88. The zero-order valence-electron chi connectivity index (χ0n) is 16.0. The van der Waals surface area contributed by atoms with Gasteiger partial charge in [0.2, 0.25) is 6.23 Å². The van der Waals surface area contributed by atoms with E-state index >= 15 is 0 Å². The molecule has 0 spiro atoms. The lowest BCUT2D eigenvalue weighted by Gasteiger charge is -2.21. The molecule has 1 N–H and O–H groups in total. The summed E-state index contributed by atoms with van der Waals surface area (Å²) in [5.74, 6) is 1.17. The summed E-state index contributed by atoms with van der Waals surface area (Å²) in [6, 6.07) is 12.8. The number of hydrogen-bond donors (Lipinski definition) is 1. The Morgan fingerprint density at radius 1 is 1.10 bits per heavy atom. The lowest BCUT2D eigenvalue weighted by atomic mass is 10.1. The van der Waals surface area contributed by atoms with E-state index in [1.54, 1.807) is 24.5 Å². The summed E-state index contributed by atoms with van der Waals surface area (Å²) in [5.41, 5.74) is 2.10. The number of halogens is 1. The molecule has 0 radical (unpaired) electrons. The van der Waals surface area contributed by atoms with Gasteiger partial charge in [-0.1, -0.05) is 29.8 Å². The predicted octanol–water partition coefficient (Wildman–Crippen LogP) is 3.23. The number of rotatable bonds is 5. The minimum atomic E-state index is -3.64. The highest BCUT2D eigenvalue weighted by Crippen LogP contribution is 2.35. The first-order valence-corrected chi connectivity index (χ1v) is 11.5. The maximum atomic E-state index is 12.6. The first kappa shape index (κ1) is 19.3. The van der Waals surface area contributed by atoms with Gasteiger partial charge in [-0.2, -0.15) is 12.7 Å². The van der Waals surface area contributed by atoms with Crippen LogP contribution in [0, 0.1) is 0 Å². The Morgan fingerprint density at radius 3 is 2.73 bits per heavy atom. The molecular formula is C20H20ClN5O3S. The van der Waals surface area contributed by atoms with Gasteiger partial charge in [-0.05, 0) is 37.1 Å². The summed E-state index contributed by atoms with van der Waals surface area (Å²) >= 11 is 6.48. The topological polar surface area (TPSA) is 86.6 Å². The molecular weight excluding hydrogens is 426 g/mol. The number of nitrogens with zero attached hydrogens (tertiary/aromatic N) is 4. The van der Waals surface area contributed by atoms with E-state index < -0.39 is 16.4 Å². The summed E-state index contributed by atoms with van der Waals surface area (Å²) < 4.78 is 35.2. The largest absolute Gasteiger partial charge is 0.465 e. The molecule has 156 valence electrons. The number of aliphatic imine (C=N–C) groups is 2. The maximum absolute atomic E-state index is 12.6. The number of para-hydroxylation sites is 1. The van der Waals surface area contributed by atoms with Gasteiger partial charge in [0.1, 0.15) is 16.6 Å². The Labute approximate surface area is 180 Å². The third kappa shape index (κ3) is 3.53. The maximum Gasteiger partial charge on any atom is 0.301 e. The first-order valence-electron chi connectivity index (χ1n) is 9.72. The number of hydrogen-bond acceptors (Lipinski definition) is 6. The Hall–Kier alpha value is -2.62. The molecule has 1 atom stereocenters. The zero-order chi connectivity index (χ0) is 20.7. The highest BCUT2D eigenvalue weighted by molar-refractivity contribution is 7.90. The van der Waals surface area contributed by atoms with Crippen molar-refractivity contribution in [2.24, 2.45) is 9.98 Å². The van der Waals surface area contributed by atoms with E-state index in [4.69, 9.17) is 16.3 Å². The van der Waals surface area contributed by atoms with E-state index in [2.05, 4.69) is 14.7 Å². The predicted molar refractivity (Wildman–Crippen MR) is 117 cm³/mol. The summed E-state index contributed by atoms with van der Waals surface area (Å²) in [4.78, 5) is 11.1. The molecule has 1 saturated heterocycles. The monoisotopic (exact) mass is 445 g/mol. The van der Waals surface area contributed by atoms with Gasteiger partial charge in [0.05, 0.1) is 24.3 Å². The molecule has 10 heteroatoms. The average molecular weight is 446 g/mol. The number of amidine groups is 1. The number of fused-ring (bicyclic) bond motifs is 3. The third-order valence-corrected chi connectivity index (χ3v) is 7.16. The van der Waals surface area contributed by atoms with Crippen molar-refractivity contribution in [1.29, 1.82) is 0 Å². The van der Waals surface area contributed by atoms with Gasteiger partial charge < -0.3 is 9.64 Å². The average Bonchev–Trinajstić information content (AvgIpc) is 3.41. The molecule has 3 aliphatic rings. The molecule has 0 aliphatic carbocycles. The number of ether oxygens (including phenoxy) is 1. The normalized spacial score (nSPS) is 20.6. The molecule has 2 aromatic rings. The van der Waals surface area contributed by atoms with E-state index in [0.29, 0.717) is 25.4 Å². The lowest BCUT2D eigenvalue weighted by molar-refractivity contribution is 0.212. The van der Waals surface area contributed by atoms with Crippen LogP contribution in [0.1, 0.15) is 18.4 Å². The van der Waals surface area contributed by atoms with Crippen LogP contribution >= 0.6 is 11.6 Å². The van der Waals surface area contributed by atoms with Gasteiger partial charge >= 0.3 is 10.2 Å². The minimum Gasteiger partial charge on any atom is -0.465 e. The number of nitrogens with one attached hydrogen (secondary N) is 1. The van der Waals surface area contributed by atoms with Crippen molar-refractivity contribution in [3.8, 4) is 5.75 Å². The molecule has 0 aromatic heterocycles. The van der Waals surface area contributed by atoms with Crippen LogP contribution in [0.3, 0.4) is 0 Å². The van der Waals surface area contributed by atoms with Crippen molar-refractivity contribution >= 4 is 45.4 Å². The van der Waals surface area contributed by atoms with Gasteiger partial charge in [-0.15, -0.1) is 0 Å². The molecule has 1 unspecified atom stereocenters. The van der Waals surface area contributed by atoms with E-state index in [9.17, 15) is 8.42 Å². The first-order chi connectivity index (χ1) is 14.5. The van der Waals surface area contributed by atoms with Crippen molar-refractivity contribution in [3.05, 3.63) is 53.1 Å². The smallest absolute Gasteiger partial charge is 0.301 e. The van der Waals surface area contributed by atoms with E-state index in [1.165, 1.54) is 4.31 Å². The molecule has 2 aromatic carbocycles. The Bertz CT molecular complexity index is 1140. The summed E-state index contributed by atoms with van der Waals surface area (Å²) in [5, 5.41) is 0.208. The summed E-state index contributed by atoms with van der Waals surface area (Å²) in [6.07, 6.45) is 2.98. The quantitative estimate of drug-likeness (QED) is 0.765. The van der Waals surface area contributed by atoms with Crippen molar-refractivity contribution in [1.82, 2.24) is 9.21 Å². The van der Waals surface area contributed by atoms with Crippen LogP contribution in [0.5, 0.6) is 5.75 Å². The second kappa shape index (κ2) is 7.57. The fourth-order valence-corrected chi connectivity index (χ4v) is 5.35. The molecule has 0 amide bonds. The van der Waals surface area contributed by atoms with Gasteiger partial charge in [-0.3, -0.25) is 4.72 Å². The van der Waals surface area contributed by atoms with Gasteiger partial charge in [0.25, 0.3) is 0 Å². The van der Waals surface area contributed by atoms with Crippen LogP contribution in [-0.2, 0) is 10.2 Å². The van der Waals surface area contributed by atoms with Crippen molar-refractivity contribution in [2.75, 3.05) is 24.4 Å². The number of benzene rings is 2. The van der Waals surface area contributed by atoms with Gasteiger partial charge in [0, 0.05) is 18.7 Å². The fourth-order valence-electron chi connectivity index (χ4n) is 3.76. The van der Waals surface area contributed by atoms with Gasteiger partial charge in [-0.25, -0.2) is 9.98 Å². The van der Waals surface area contributed by atoms with Crippen LogP contribution in [0.15, 0.2) is 52.4 Å². The van der Waals surface area contributed by atoms with Crippen LogP contribution in [-0.4, -0.2) is 55.7 Å². The van der Waals surface area contributed by atoms with Crippen molar-refractivity contribution in [2.45, 2.75) is 19.1 Å². The third-order valence-electron chi connectivity index (χ3n) is 5.24. The molecule has 3 aliphatic heterocycles. The standard InChI is InChI=1S/C20H20ClN5O3S/c21-19-16(24-30(27,28)26-10-3-4-11-26)8-5-9-17(19)29-18-12-25-13-22-15-7-2-1-6-14(15)20(25)23-18/h1-2,5-9,13,18,24H,3-4,10-12H2. The van der Waals surface area contributed by atoms with E-state index in [1.807, 2.05) is 29.2 Å². The molecule has 30 heavy (non-hydrogen) atoms. The summed E-state index contributed by atoms with van der Waals surface area (Å²) in [7, 11) is -3.64. The molecule has 0 bridgehead atoms. The van der Waals surface area contributed by atoms with E-state index in [0.717, 1.165) is 29.9 Å². The molecule has 0 saturated carbocycles. The number of anilines is 1. The molecule has 5 rings (SSSR count). The Balaban J connectivity index is 1.36. The van der Waals surface area contributed by atoms with E-state index in [-0.39, 0.29) is 10.7 Å². The Morgan fingerprint density at radius 2 is 1.90 bits per heavy atom. The zero-order valence-corrected chi connectivity index (χ0v) is 17.6. The molecule has 8 nitrogen and oxygen atoms in total. The SMILES string of the molecule is O=S(=O)(Nc1cccc(OC2CN3C=Nc4ccccc4C3=N2)c1Cl)N1CCCC1. The van der Waals surface area contributed by atoms with Crippen molar-refractivity contribution < 1.29 is 13.2 Å². The van der Waals surface area contributed by atoms with Crippen LogP contribution < -0.4 is 9.46 Å². The van der Waals surface area contributed by atoms with Gasteiger partial charge in [0.15, 0.2) is 0 Å². The highest BCUT2D eigenvalue weighted by atomic mass is 35.5. The van der Waals surface area contributed by atoms with Crippen LogP contribution in [0.4, 0.5) is 11.4 Å². The summed E-state index contributed by atoms with van der Waals surface area (Å²) in [6.45, 7) is 1.52. The highest BCUT2D eigenvalue weighted by Gasteiger charge is 2.31. The fraction of sp³-hybridized carbons (Fsp3) is 0.300. The minimum absolute atomic E-state index is 0.208. The van der Waals surface area contributed by atoms with Crippen LogP contribution in [0.2, 0.25) is 5.02 Å². The molecule has 1 fully saturated rings.